The third-order valence-electron chi connectivity index (χ3n) is 5.07. The van der Waals surface area contributed by atoms with Gasteiger partial charge in [-0.2, -0.15) is 0 Å². The van der Waals surface area contributed by atoms with Crippen LogP contribution < -0.4 is 19.5 Å². The average molecular weight is 453 g/mol. The fourth-order valence-electron chi connectivity index (χ4n) is 3.40. The van der Waals surface area contributed by atoms with E-state index in [9.17, 15) is 13.2 Å². The lowest BCUT2D eigenvalue weighted by Gasteiger charge is -2.26. The van der Waals surface area contributed by atoms with Gasteiger partial charge < -0.3 is 14.8 Å². The van der Waals surface area contributed by atoms with Crippen molar-refractivity contribution < 1.29 is 22.7 Å². The van der Waals surface area contributed by atoms with E-state index in [4.69, 9.17) is 9.47 Å². The number of amides is 1. The van der Waals surface area contributed by atoms with E-state index in [1.165, 1.54) is 6.07 Å². The van der Waals surface area contributed by atoms with Gasteiger partial charge in [0, 0.05) is 11.3 Å². The number of ether oxygens (including phenoxy) is 2. The van der Waals surface area contributed by atoms with Crippen LogP contribution in [0.2, 0.25) is 0 Å². The van der Waals surface area contributed by atoms with E-state index in [1.807, 2.05) is 37.3 Å². The van der Waals surface area contributed by atoms with Crippen LogP contribution in [0.1, 0.15) is 21.5 Å². The van der Waals surface area contributed by atoms with Crippen molar-refractivity contribution in [3.63, 3.8) is 0 Å². The van der Waals surface area contributed by atoms with Crippen LogP contribution in [-0.2, 0) is 10.0 Å². The molecule has 1 atom stereocenters. The van der Waals surface area contributed by atoms with Crippen LogP contribution in [0.25, 0.3) is 0 Å². The van der Waals surface area contributed by atoms with Crippen molar-refractivity contribution in [1.82, 2.24) is 5.32 Å². The molecule has 0 spiro atoms. The van der Waals surface area contributed by atoms with E-state index in [1.54, 1.807) is 37.3 Å². The summed E-state index contributed by atoms with van der Waals surface area (Å²) in [6, 6.07) is 19.0. The Morgan fingerprint density at radius 2 is 1.78 bits per heavy atom. The summed E-state index contributed by atoms with van der Waals surface area (Å²) in [5.74, 6) is 0.986. The minimum atomic E-state index is -3.79. The standard InChI is InChI=1S/C24H24N2O5S/c1-16-10-11-17(2)23(12-16)32(28,29)26-19-7-5-6-18(13-19)24(27)25-14-20-15-30-21-8-3-4-9-22(21)31-20/h3-13,20,26H,14-15H2,1-2H3,(H,25,27). The van der Waals surface area contributed by atoms with Crippen LogP contribution >= 0.6 is 0 Å². The van der Waals surface area contributed by atoms with Crippen LogP contribution in [0.15, 0.2) is 71.6 Å². The van der Waals surface area contributed by atoms with Crippen molar-refractivity contribution in [3.05, 3.63) is 83.4 Å². The van der Waals surface area contributed by atoms with Crippen molar-refractivity contribution in [2.24, 2.45) is 0 Å². The van der Waals surface area contributed by atoms with Crippen molar-refractivity contribution in [2.75, 3.05) is 17.9 Å². The van der Waals surface area contributed by atoms with Crippen LogP contribution in [0.5, 0.6) is 11.5 Å². The Morgan fingerprint density at radius 1 is 1.00 bits per heavy atom. The molecular weight excluding hydrogens is 428 g/mol. The molecule has 0 aromatic heterocycles. The molecule has 166 valence electrons. The molecule has 0 fully saturated rings. The predicted octanol–water partition coefficient (Wildman–Crippen LogP) is 3.67. The number of para-hydroxylation sites is 2. The monoisotopic (exact) mass is 452 g/mol. The number of anilines is 1. The SMILES string of the molecule is Cc1ccc(C)c(S(=O)(=O)Nc2cccc(C(=O)NCC3COc4ccccc4O3)c2)c1. The Labute approximate surface area is 187 Å². The molecule has 1 amide bonds. The first kappa shape index (κ1) is 21.7. The zero-order valence-electron chi connectivity index (χ0n) is 17.8. The van der Waals surface area contributed by atoms with Gasteiger partial charge in [-0.3, -0.25) is 9.52 Å². The molecule has 0 saturated carbocycles. The molecule has 2 N–H and O–H groups in total. The molecule has 0 bridgehead atoms. The minimum absolute atomic E-state index is 0.210. The fourth-order valence-corrected chi connectivity index (χ4v) is 4.78. The molecule has 3 aromatic rings. The molecule has 32 heavy (non-hydrogen) atoms. The number of sulfonamides is 1. The van der Waals surface area contributed by atoms with Crippen LogP contribution in [0.4, 0.5) is 5.69 Å². The van der Waals surface area contributed by atoms with Crippen molar-refractivity contribution >= 4 is 21.6 Å². The van der Waals surface area contributed by atoms with Gasteiger partial charge in [-0.25, -0.2) is 8.42 Å². The molecule has 4 rings (SSSR count). The van der Waals surface area contributed by atoms with Gasteiger partial charge in [0.25, 0.3) is 15.9 Å². The highest BCUT2D eigenvalue weighted by atomic mass is 32.2. The van der Waals surface area contributed by atoms with Crippen molar-refractivity contribution in [2.45, 2.75) is 24.8 Å². The fraction of sp³-hybridized carbons (Fsp3) is 0.208. The van der Waals surface area contributed by atoms with E-state index < -0.39 is 10.0 Å². The number of hydrogen-bond acceptors (Lipinski definition) is 5. The third kappa shape index (κ3) is 4.86. The molecule has 3 aromatic carbocycles. The van der Waals surface area contributed by atoms with E-state index in [0.717, 1.165) is 5.56 Å². The first-order chi connectivity index (χ1) is 15.3. The van der Waals surface area contributed by atoms with Gasteiger partial charge in [-0.15, -0.1) is 0 Å². The Morgan fingerprint density at radius 3 is 2.59 bits per heavy atom. The first-order valence-electron chi connectivity index (χ1n) is 10.2. The van der Waals surface area contributed by atoms with Crippen LogP contribution in [0, 0.1) is 13.8 Å². The maximum Gasteiger partial charge on any atom is 0.262 e. The van der Waals surface area contributed by atoms with E-state index >= 15 is 0 Å². The van der Waals surface area contributed by atoms with Crippen molar-refractivity contribution in [1.29, 1.82) is 0 Å². The Balaban J connectivity index is 1.41. The summed E-state index contributed by atoms with van der Waals surface area (Å²) in [5.41, 5.74) is 2.14. The highest BCUT2D eigenvalue weighted by Gasteiger charge is 2.22. The largest absolute Gasteiger partial charge is 0.486 e. The van der Waals surface area contributed by atoms with Gasteiger partial charge in [0.1, 0.15) is 12.7 Å². The molecular formula is C24H24N2O5S. The summed E-state index contributed by atoms with van der Waals surface area (Å²) >= 11 is 0. The summed E-state index contributed by atoms with van der Waals surface area (Å²) in [4.78, 5) is 12.8. The predicted molar refractivity (Wildman–Crippen MR) is 122 cm³/mol. The number of fused-ring (bicyclic) bond motifs is 1. The topological polar surface area (TPSA) is 93.7 Å². The van der Waals surface area contributed by atoms with Crippen molar-refractivity contribution in [3.8, 4) is 11.5 Å². The Kier molecular flexibility index (Phi) is 6.05. The van der Waals surface area contributed by atoms with Gasteiger partial charge >= 0.3 is 0 Å². The molecule has 1 heterocycles. The second-order valence-corrected chi connectivity index (χ2v) is 9.31. The smallest absolute Gasteiger partial charge is 0.262 e. The maximum absolute atomic E-state index is 12.8. The lowest BCUT2D eigenvalue weighted by molar-refractivity contribution is 0.0789. The molecule has 0 radical (unpaired) electrons. The summed E-state index contributed by atoms with van der Waals surface area (Å²) in [6.07, 6.45) is -0.320. The number of hydrogen-bond donors (Lipinski definition) is 2. The molecule has 7 nitrogen and oxygen atoms in total. The van der Waals surface area contributed by atoms with E-state index in [0.29, 0.717) is 34.9 Å². The maximum atomic E-state index is 12.8. The number of carbonyl (C=O) groups is 1. The normalized spacial score (nSPS) is 15.1. The summed E-state index contributed by atoms with van der Waals surface area (Å²) < 4.78 is 39.8. The molecule has 8 heteroatoms. The first-order valence-corrected chi connectivity index (χ1v) is 11.7. The zero-order valence-corrected chi connectivity index (χ0v) is 18.6. The molecule has 1 aliphatic rings. The number of nitrogens with one attached hydrogen (secondary N) is 2. The van der Waals surface area contributed by atoms with Crippen LogP contribution in [0.3, 0.4) is 0 Å². The highest BCUT2D eigenvalue weighted by molar-refractivity contribution is 7.92. The highest BCUT2D eigenvalue weighted by Crippen LogP contribution is 2.30. The molecule has 1 aliphatic heterocycles. The van der Waals surface area contributed by atoms with Gasteiger partial charge in [-0.05, 0) is 61.4 Å². The quantitative estimate of drug-likeness (QED) is 0.595. The second-order valence-electron chi connectivity index (χ2n) is 7.66. The van der Waals surface area contributed by atoms with Gasteiger partial charge in [-0.1, -0.05) is 30.3 Å². The van der Waals surface area contributed by atoms with Gasteiger partial charge in [0.15, 0.2) is 11.5 Å². The summed E-state index contributed by atoms with van der Waals surface area (Å²) in [5, 5.41) is 2.82. The minimum Gasteiger partial charge on any atom is -0.486 e. The number of carbonyl (C=O) groups excluding carboxylic acids is 1. The van der Waals surface area contributed by atoms with Crippen LogP contribution in [-0.4, -0.2) is 33.6 Å². The third-order valence-corrected chi connectivity index (χ3v) is 6.59. The second kappa shape index (κ2) is 8.92. The Hall–Kier alpha value is -3.52. The number of aryl methyl sites for hydroxylation is 2. The Bertz CT molecular complexity index is 1260. The number of rotatable bonds is 6. The van der Waals surface area contributed by atoms with Gasteiger partial charge in [0.2, 0.25) is 0 Å². The molecule has 0 aliphatic carbocycles. The molecule has 0 saturated heterocycles. The lowest BCUT2D eigenvalue weighted by Crippen LogP contribution is -2.40. The zero-order chi connectivity index (χ0) is 22.7. The number of benzene rings is 3. The van der Waals surface area contributed by atoms with E-state index in [2.05, 4.69) is 10.0 Å². The lowest BCUT2D eigenvalue weighted by atomic mass is 10.2. The van der Waals surface area contributed by atoms with Gasteiger partial charge in [0.05, 0.1) is 11.4 Å². The summed E-state index contributed by atoms with van der Waals surface area (Å²) in [7, 11) is -3.79. The molecule has 1 unspecified atom stereocenters. The average Bonchev–Trinajstić information content (AvgIpc) is 2.78. The summed E-state index contributed by atoms with van der Waals surface area (Å²) in [6.45, 7) is 4.16. The van der Waals surface area contributed by atoms with E-state index in [-0.39, 0.29) is 23.5 Å².